The average molecular weight is 365 g/mol. The normalized spacial score (nSPS) is 11.2. The molecule has 3 heteroatoms. The second kappa shape index (κ2) is 9.77. The van der Waals surface area contributed by atoms with Gasteiger partial charge in [-0.05, 0) is 68.2 Å². The van der Waals surface area contributed by atoms with Gasteiger partial charge in [-0.1, -0.05) is 42.0 Å². The van der Waals surface area contributed by atoms with E-state index >= 15 is 0 Å². The van der Waals surface area contributed by atoms with Crippen LogP contribution in [-0.2, 0) is 6.54 Å². The van der Waals surface area contributed by atoms with E-state index in [9.17, 15) is 4.39 Å². The zero-order valence-electron chi connectivity index (χ0n) is 16.9. The minimum atomic E-state index is -0.206. The Labute approximate surface area is 162 Å². The molecule has 0 amide bonds. The Kier molecular flexibility index (Phi) is 7.42. The summed E-state index contributed by atoms with van der Waals surface area (Å²) in [5.74, 6) is -0.206. The van der Waals surface area contributed by atoms with Gasteiger partial charge in [0.2, 0.25) is 0 Å². The molecule has 2 nitrogen and oxygen atoms in total. The third-order valence-corrected chi connectivity index (χ3v) is 4.43. The summed E-state index contributed by atoms with van der Waals surface area (Å²) in [7, 11) is 1.99. The summed E-state index contributed by atoms with van der Waals surface area (Å²) in [6.45, 7) is 9.15. The van der Waals surface area contributed by atoms with E-state index in [1.165, 1.54) is 34.4 Å². The number of hydrogen-bond donors (Lipinski definition) is 1. The molecule has 142 valence electrons. The molecule has 0 spiro atoms. The molecule has 0 aromatic heterocycles. The first-order valence-electron chi connectivity index (χ1n) is 9.16. The highest BCUT2D eigenvalue weighted by Crippen LogP contribution is 2.13. The average Bonchev–Trinajstić information content (AvgIpc) is 2.62. The lowest BCUT2D eigenvalue weighted by Gasteiger charge is -2.14. The van der Waals surface area contributed by atoms with E-state index in [1.54, 1.807) is 12.1 Å². The summed E-state index contributed by atoms with van der Waals surface area (Å²) in [6.07, 6.45) is 8.13. The standard InChI is InChI=1S/C24H29FN2/c1-18(2)24(13-10-21-7-6-19(3)20(4)16-21)26-14-15-27(5)17-22-8-11-23(25)12-9-22/h6-16,26H,17H2,1-5H3/b13-10+,15-14+. The highest BCUT2D eigenvalue weighted by molar-refractivity contribution is 5.55. The minimum Gasteiger partial charge on any atom is -0.375 e. The Morgan fingerprint density at radius 3 is 2.37 bits per heavy atom. The van der Waals surface area contributed by atoms with E-state index in [0.717, 1.165) is 17.8 Å². The number of rotatable bonds is 7. The maximum Gasteiger partial charge on any atom is 0.123 e. The molecule has 0 radical (unpaired) electrons. The first-order valence-corrected chi connectivity index (χ1v) is 9.16. The van der Waals surface area contributed by atoms with Crippen LogP contribution < -0.4 is 5.32 Å². The lowest BCUT2D eigenvalue weighted by molar-refractivity contribution is 0.448. The van der Waals surface area contributed by atoms with Gasteiger partial charge in [0.15, 0.2) is 0 Å². The van der Waals surface area contributed by atoms with Gasteiger partial charge in [0.1, 0.15) is 5.82 Å². The number of nitrogens with one attached hydrogen (secondary N) is 1. The zero-order valence-corrected chi connectivity index (χ0v) is 16.9. The molecule has 0 saturated heterocycles. The summed E-state index contributed by atoms with van der Waals surface area (Å²) in [4.78, 5) is 2.05. The van der Waals surface area contributed by atoms with Crippen LogP contribution >= 0.6 is 0 Å². The van der Waals surface area contributed by atoms with Crippen LogP contribution in [0.2, 0.25) is 0 Å². The predicted octanol–water partition coefficient (Wildman–Crippen LogP) is 5.94. The van der Waals surface area contributed by atoms with Crippen molar-refractivity contribution in [2.45, 2.75) is 34.2 Å². The Bertz CT molecular complexity index is 841. The van der Waals surface area contributed by atoms with Crippen molar-refractivity contribution in [3.8, 4) is 0 Å². The van der Waals surface area contributed by atoms with E-state index in [4.69, 9.17) is 0 Å². The Morgan fingerprint density at radius 1 is 1.04 bits per heavy atom. The highest BCUT2D eigenvalue weighted by atomic mass is 19.1. The van der Waals surface area contributed by atoms with Gasteiger partial charge in [-0.15, -0.1) is 0 Å². The number of benzene rings is 2. The molecule has 0 aliphatic heterocycles. The van der Waals surface area contributed by atoms with Crippen LogP contribution in [0.4, 0.5) is 4.39 Å². The van der Waals surface area contributed by atoms with Crippen LogP contribution in [-0.4, -0.2) is 11.9 Å². The van der Waals surface area contributed by atoms with Gasteiger partial charge in [0.25, 0.3) is 0 Å². The molecular weight excluding hydrogens is 335 g/mol. The smallest absolute Gasteiger partial charge is 0.123 e. The van der Waals surface area contributed by atoms with Crippen molar-refractivity contribution >= 4 is 6.08 Å². The molecule has 0 atom stereocenters. The number of halogens is 1. The lowest BCUT2D eigenvalue weighted by Crippen LogP contribution is -2.12. The van der Waals surface area contributed by atoms with Crippen molar-refractivity contribution in [2.75, 3.05) is 7.05 Å². The van der Waals surface area contributed by atoms with Gasteiger partial charge in [-0.3, -0.25) is 0 Å². The largest absolute Gasteiger partial charge is 0.375 e. The molecule has 0 aliphatic rings. The van der Waals surface area contributed by atoms with Gasteiger partial charge >= 0.3 is 0 Å². The van der Waals surface area contributed by atoms with Gasteiger partial charge in [-0.2, -0.15) is 0 Å². The third kappa shape index (κ3) is 6.78. The van der Waals surface area contributed by atoms with E-state index in [2.05, 4.69) is 68.3 Å². The van der Waals surface area contributed by atoms with Crippen molar-refractivity contribution in [1.82, 2.24) is 10.2 Å². The van der Waals surface area contributed by atoms with Crippen molar-refractivity contribution in [2.24, 2.45) is 0 Å². The fraction of sp³-hybridized carbons (Fsp3) is 0.250. The third-order valence-electron chi connectivity index (χ3n) is 4.43. The van der Waals surface area contributed by atoms with Crippen molar-refractivity contribution in [3.63, 3.8) is 0 Å². The van der Waals surface area contributed by atoms with Crippen LogP contribution in [0.15, 0.2) is 72.2 Å². The van der Waals surface area contributed by atoms with Crippen LogP contribution in [0.1, 0.15) is 36.1 Å². The fourth-order valence-corrected chi connectivity index (χ4v) is 2.59. The van der Waals surface area contributed by atoms with Crippen molar-refractivity contribution in [1.29, 1.82) is 0 Å². The molecule has 2 aromatic rings. The SMILES string of the molecule is CC(C)=C(/C=C/c1ccc(C)c(C)c1)N/C=C/N(C)Cc1ccc(F)cc1. The molecule has 0 fully saturated rings. The number of nitrogens with zero attached hydrogens (tertiary/aromatic N) is 1. The van der Waals surface area contributed by atoms with Crippen LogP contribution in [0.5, 0.6) is 0 Å². The number of aryl methyl sites for hydroxylation is 2. The number of hydrogen-bond acceptors (Lipinski definition) is 2. The maximum atomic E-state index is 13.0. The van der Waals surface area contributed by atoms with Gasteiger partial charge in [-0.25, -0.2) is 4.39 Å². The molecule has 2 aromatic carbocycles. The lowest BCUT2D eigenvalue weighted by atomic mass is 10.1. The number of allylic oxidation sites excluding steroid dienone is 2. The van der Waals surface area contributed by atoms with Crippen molar-refractivity contribution < 1.29 is 4.39 Å². The quantitative estimate of drug-likeness (QED) is 0.611. The zero-order chi connectivity index (χ0) is 19.8. The molecule has 0 saturated carbocycles. The monoisotopic (exact) mass is 364 g/mol. The molecule has 0 heterocycles. The summed E-state index contributed by atoms with van der Waals surface area (Å²) >= 11 is 0. The van der Waals surface area contributed by atoms with E-state index < -0.39 is 0 Å². The second-order valence-electron chi connectivity index (χ2n) is 7.09. The predicted molar refractivity (Wildman–Crippen MR) is 113 cm³/mol. The van der Waals surface area contributed by atoms with E-state index in [1.807, 2.05) is 19.4 Å². The minimum absolute atomic E-state index is 0.206. The Morgan fingerprint density at radius 2 is 1.74 bits per heavy atom. The van der Waals surface area contributed by atoms with E-state index in [0.29, 0.717) is 0 Å². The Hall–Kier alpha value is -2.81. The van der Waals surface area contributed by atoms with Gasteiger partial charge in [0.05, 0.1) is 0 Å². The summed E-state index contributed by atoms with van der Waals surface area (Å²) < 4.78 is 13.0. The first-order chi connectivity index (χ1) is 12.8. The molecule has 27 heavy (non-hydrogen) atoms. The summed E-state index contributed by atoms with van der Waals surface area (Å²) in [5.41, 5.74) is 7.14. The Balaban J connectivity index is 1.96. The van der Waals surface area contributed by atoms with E-state index in [-0.39, 0.29) is 5.82 Å². The summed E-state index contributed by atoms with van der Waals surface area (Å²) in [5, 5.41) is 3.35. The molecule has 0 bridgehead atoms. The van der Waals surface area contributed by atoms with Crippen molar-refractivity contribution in [3.05, 3.63) is 100 Å². The molecule has 2 rings (SSSR count). The summed E-state index contributed by atoms with van der Waals surface area (Å²) in [6, 6.07) is 13.1. The van der Waals surface area contributed by atoms with Crippen LogP contribution in [0, 0.1) is 19.7 Å². The molecular formula is C24H29FN2. The molecule has 0 unspecified atom stereocenters. The molecule has 1 N–H and O–H groups in total. The fourth-order valence-electron chi connectivity index (χ4n) is 2.59. The molecule has 0 aliphatic carbocycles. The maximum absolute atomic E-state index is 13.0. The van der Waals surface area contributed by atoms with Crippen LogP contribution in [0.3, 0.4) is 0 Å². The van der Waals surface area contributed by atoms with Gasteiger partial charge in [0, 0.05) is 31.7 Å². The second-order valence-corrected chi connectivity index (χ2v) is 7.09. The first kappa shape index (κ1) is 20.5. The topological polar surface area (TPSA) is 15.3 Å². The highest BCUT2D eigenvalue weighted by Gasteiger charge is 1.98. The van der Waals surface area contributed by atoms with Gasteiger partial charge < -0.3 is 10.2 Å². The van der Waals surface area contributed by atoms with Crippen LogP contribution in [0.25, 0.3) is 6.08 Å².